The van der Waals surface area contributed by atoms with E-state index >= 15 is 0 Å². The van der Waals surface area contributed by atoms with E-state index in [0.717, 1.165) is 84.3 Å². The van der Waals surface area contributed by atoms with Crippen LogP contribution >= 0.6 is 0 Å². The van der Waals surface area contributed by atoms with Crippen LogP contribution in [0.3, 0.4) is 0 Å². The number of unbranched alkanes of at least 4 members (excludes halogenated alkanes) is 2. The van der Waals surface area contributed by atoms with Crippen molar-refractivity contribution in [3.8, 4) is 0 Å². The van der Waals surface area contributed by atoms with Gasteiger partial charge in [0.2, 0.25) is 0 Å². The molecular weight excluding hydrogens is 508 g/mol. The molecule has 1 fully saturated rings. The molecule has 0 unspecified atom stereocenters. The lowest BCUT2D eigenvalue weighted by Gasteiger charge is -2.34. The van der Waals surface area contributed by atoms with Gasteiger partial charge in [0.05, 0.1) is 18.7 Å². The molecule has 0 aliphatic carbocycles. The Morgan fingerprint density at radius 1 is 0.700 bits per heavy atom. The molecule has 1 saturated heterocycles. The van der Waals surface area contributed by atoms with Crippen molar-refractivity contribution >= 4 is 18.5 Å². The number of esters is 1. The van der Waals surface area contributed by atoms with Crippen molar-refractivity contribution < 1.29 is 23.9 Å². The maximum absolute atomic E-state index is 12.5. The molecule has 0 aromatic rings. The van der Waals surface area contributed by atoms with Crippen molar-refractivity contribution in [2.45, 2.75) is 99.2 Å². The topological polar surface area (TPSA) is 82.6 Å². The maximum Gasteiger partial charge on any atom is 0.320 e. The van der Waals surface area contributed by atoms with Gasteiger partial charge in [0.15, 0.2) is 0 Å². The Bertz CT molecular complexity index is 634. The maximum atomic E-state index is 12.5. The van der Waals surface area contributed by atoms with Crippen LogP contribution in [0.15, 0.2) is 0 Å². The lowest BCUT2D eigenvalue weighted by atomic mass is 10.2. The number of carbonyl (C=O) groups excluding carboxylic acids is 3. The number of ether oxygens (including phenoxy) is 2. The third-order valence-corrected chi connectivity index (χ3v) is 6.27. The van der Waals surface area contributed by atoms with Crippen LogP contribution in [0.1, 0.15) is 88.0 Å². The molecule has 0 saturated carbocycles. The standard InChI is InChI=1S/C24H46N4O4.C5H12O.C2H6/c1-5-6-9-25-11-12-26(10-7-8-20-29)15-17-28(22-23(31)32-24(2,3)4)18-16-27(14-13-25)19-21-30;1-5(2,3)6-4;1-2/h20-21H,5-19,22H2,1-4H3;1-4H3;1-2H3. The SMILES string of the molecule is CC.CCCCN1CCN(CC=O)CCN(CC(=O)OC(C)(C)C)CCN(CCCC=O)CC1.COC(C)(C)C. The molecule has 0 spiro atoms. The van der Waals surface area contributed by atoms with Crippen LogP contribution in [0.2, 0.25) is 0 Å². The Labute approximate surface area is 246 Å². The highest BCUT2D eigenvalue weighted by Gasteiger charge is 2.21. The fraction of sp³-hybridized carbons (Fsp3) is 0.903. The fourth-order valence-corrected chi connectivity index (χ4v) is 3.81. The van der Waals surface area contributed by atoms with E-state index < -0.39 is 5.60 Å². The molecule has 0 N–H and O–H groups in total. The number of rotatable bonds is 11. The quantitative estimate of drug-likeness (QED) is 0.207. The smallest absolute Gasteiger partial charge is 0.320 e. The van der Waals surface area contributed by atoms with Crippen LogP contribution in [-0.4, -0.2) is 135 Å². The first-order valence-corrected chi connectivity index (χ1v) is 15.4. The lowest BCUT2D eigenvalue weighted by molar-refractivity contribution is -0.156. The molecule has 238 valence electrons. The summed E-state index contributed by atoms with van der Waals surface area (Å²) in [7, 11) is 1.71. The molecule has 1 aliphatic rings. The van der Waals surface area contributed by atoms with E-state index in [2.05, 4.69) is 26.5 Å². The fourth-order valence-electron chi connectivity index (χ4n) is 3.81. The minimum absolute atomic E-state index is 0.0417. The van der Waals surface area contributed by atoms with Gasteiger partial charge in [0, 0.05) is 65.9 Å². The predicted molar refractivity (Wildman–Crippen MR) is 166 cm³/mol. The number of hydrogen-bond donors (Lipinski definition) is 0. The molecule has 0 radical (unpaired) electrons. The molecule has 40 heavy (non-hydrogen) atoms. The summed E-state index contributed by atoms with van der Waals surface area (Å²) < 4.78 is 10.5. The van der Waals surface area contributed by atoms with Crippen LogP contribution < -0.4 is 0 Å². The molecule has 9 nitrogen and oxygen atoms in total. The summed E-state index contributed by atoms with van der Waals surface area (Å²) in [5.74, 6) is -0.218. The highest BCUT2D eigenvalue weighted by molar-refractivity contribution is 5.72. The summed E-state index contributed by atoms with van der Waals surface area (Å²) in [6.07, 6.45) is 5.73. The average molecular weight is 573 g/mol. The van der Waals surface area contributed by atoms with Gasteiger partial charge in [-0.2, -0.15) is 0 Å². The molecule has 0 amide bonds. The summed E-state index contributed by atoms with van der Waals surface area (Å²) in [5, 5.41) is 0. The molecule has 9 heteroatoms. The minimum Gasteiger partial charge on any atom is -0.459 e. The Balaban J connectivity index is 0. The van der Waals surface area contributed by atoms with E-state index in [1.807, 2.05) is 55.4 Å². The van der Waals surface area contributed by atoms with Gasteiger partial charge in [-0.1, -0.05) is 27.2 Å². The average Bonchev–Trinajstić information content (AvgIpc) is 2.88. The van der Waals surface area contributed by atoms with Gasteiger partial charge in [-0.3, -0.25) is 14.6 Å². The molecule has 0 bridgehead atoms. The summed E-state index contributed by atoms with van der Waals surface area (Å²) in [4.78, 5) is 43.7. The van der Waals surface area contributed by atoms with Gasteiger partial charge < -0.3 is 28.9 Å². The zero-order valence-electron chi connectivity index (χ0n) is 27.8. The molecular formula is C31H64N4O5. The second-order valence-corrected chi connectivity index (χ2v) is 12.0. The monoisotopic (exact) mass is 572 g/mol. The Kier molecular flexibility index (Phi) is 24.7. The van der Waals surface area contributed by atoms with Gasteiger partial charge in [0.25, 0.3) is 0 Å². The van der Waals surface area contributed by atoms with Crippen LogP contribution in [0, 0.1) is 0 Å². The van der Waals surface area contributed by atoms with Gasteiger partial charge in [-0.05, 0) is 67.5 Å². The first kappa shape index (κ1) is 40.7. The van der Waals surface area contributed by atoms with E-state index in [1.54, 1.807) is 7.11 Å². The highest BCUT2D eigenvalue weighted by atomic mass is 16.6. The molecule has 1 rings (SSSR count). The summed E-state index contributed by atoms with van der Waals surface area (Å²) in [6, 6.07) is 0. The summed E-state index contributed by atoms with van der Waals surface area (Å²) in [5.41, 5.74) is -0.462. The summed E-state index contributed by atoms with van der Waals surface area (Å²) >= 11 is 0. The largest absolute Gasteiger partial charge is 0.459 e. The number of methoxy groups -OCH3 is 1. The molecule has 1 heterocycles. The normalized spacial score (nSPS) is 17.2. The van der Waals surface area contributed by atoms with E-state index in [0.29, 0.717) is 19.5 Å². The number of nitrogens with zero attached hydrogens (tertiary/aromatic N) is 4. The van der Waals surface area contributed by atoms with Crippen molar-refractivity contribution in [1.82, 2.24) is 19.6 Å². The Morgan fingerprint density at radius 3 is 1.50 bits per heavy atom. The van der Waals surface area contributed by atoms with Crippen LogP contribution in [0.5, 0.6) is 0 Å². The Morgan fingerprint density at radius 2 is 1.12 bits per heavy atom. The molecule has 0 atom stereocenters. The molecule has 1 aliphatic heterocycles. The van der Waals surface area contributed by atoms with E-state index in [4.69, 9.17) is 9.47 Å². The second-order valence-electron chi connectivity index (χ2n) is 12.0. The van der Waals surface area contributed by atoms with Crippen molar-refractivity contribution in [2.75, 3.05) is 85.6 Å². The van der Waals surface area contributed by atoms with E-state index in [-0.39, 0.29) is 18.1 Å². The number of hydrogen-bond acceptors (Lipinski definition) is 9. The minimum atomic E-state index is -0.504. The van der Waals surface area contributed by atoms with E-state index in [1.165, 1.54) is 6.42 Å². The zero-order chi connectivity index (χ0) is 31.0. The molecule has 0 aromatic carbocycles. The zero-order valence-corrected chi connectivity index (χ0v) is 27.8. The first-order valence-electron chi connectivity index (χ1n) is 15.4. The first-order chi connectivity index (χ1) is 18.8. The van der Waals surface area contributed by atoms with E-state index in [9.17, 15) is 14.4 Å². The lowest BCUT2D eigenvalue weighted by Crippen LogP contribution is -2.48. The highest BCUT2D eigenvalue weighted by Crippen LogP contribution is 2.09. The van der Waals surface area contributed by atoms with Gasteiger partial charge >= 0.3 is 5.97 Å². The van der Waals surface area contributed by atoms with Crippen LogP contribution in [0.4, 0.5) is 0 Å². The number of carbonyl (C=O) groups is 3. The van der Waals surface area contributed by atoms with Crippen molar-refractivity contribution in [1.29, 1.82) is 0 Å². The third-order valence-electron chi connectivity index (χ3n) is 6.27. The van der Waals surface area contributed by atoms with Crippen molar-refractivity contribution in [3.63, 3.8) is 0 Å². The second kappa shape index (κ2) is 24.2. The number of aldehydes is 2. The Hall–Kier alpha value is -1.39. The van der Waals surface area contributed by atoms with Crippen molar-refractivity contribution in [3.05, 3.63) is 0 Å². The van der Waals surface area contributed by atoms with Crippen LogP contribution in [0.25, 0.3) is 0 Å². The third kappa shape index (κ3) is 25.6. The molecule has 0 aromatic heterocycles. The van der Waals surface area contributed by atoms with Gasteiger partial charge in [-0.15, -0.1) is 0 Å². The van der Waals surface area contributed by atoms with Gasteiger partial charge in [0.1, 0.15) is 18.2 Å². The predicted octanol–water partition coefficient (Wildman–Crippen LogP) is 3.99. The van der Waals surface area contributed by atoms with Crippen molar-refractivity contribution in [2.24, 2.45) is 0 Å². The van der Waals surface area contributed by atoms with Crippen LogP contribution in [-0.2, 0) is 23.9 Å². The van der Waals surface area contributed by atoms with Gasteiger partial charge in [-0.25, -0.2) is 0 Å². The summed E-state index contributed by atoms with van der Waals surface area (Å²) in [6.45, 7) is 27.3.